The molecule has 0 bridgehead atoms. The van der Waals surface area contributed by atoms with E-state index in [1.165, 1.54) is 29.9 Å². The van der Waals surface area contributed by atoms with Crippen molar-refractivity contribution in [2.45, 2.75) is 25.2 Å². The van der Waals surface area contributed by atoms with E-state index < -0.39 is 0 Å². The minimum atomic E-state index is 0.368. The number of thioether (sulfide) groups is 1. The Hall–Kier alpha value is -0.630. The van der Waals surface area contributed by atoms with Gasteiger partial charge >= 0.3 is 0 Å². The van der Waals surface area contributed by atoms with Crippen LogP contribution in [0.2, 0.25) is 0 Å². The summed E-state index contributed by atoms with van der Waals surface area (Å²) in [4.78, 5) is 0. The summed E-state index contributed by atoms with van der Waals surface area (Å²) >= 11 is 2.01. The Kier molecular flexibility index (Phi) is 2.73. The van der Waals surface area contributed by atoms with Gasteiger partial charge in [0, 0.05) is 11.2 Å². The molecule has 0 saturated heterocycles. The van der Waals surface area contributed by atoms with Crippen molar-refractivity contribution < 1.29 is 5.11 Å². The maximum atomic E-state index is 9.21. The van der Waals surface area contributed by atoms with Crippen LogP contribution in [0.5, 0.6) is 5.75 Å². The van der Waals surface area contributed by atoms with Crippen molar-refractivity contribution in [1.29, 1.82) is 0 Å². The lowest BCUT2D eigenvalue weighted by Gasteiger charge is -2.14. The van der Waals surface area contributed by atoms with E-state index in [4.69, 9.17) is 0 Å². The zero-order valence-corrected chi connectivity index (χ0v) is 9.31. The van der Waals surface area contributed by atoms with Crippen LogP contribution in [0.1, 0.15) is 25.3 Å². The second-order valence-electron chi connectivity index (χ2n) is 3.96. The van der Waals surface area contributed by atoms with Crippen LogP contribution in [0.4, 0.5) is 0 Å². The molecule has 0 amide bonds. The highest BCUT2D eigenvalue weighted by molar-refractivity contribution is 7.99. The van der Waals surface area contributed by atoms with E-state index in [2.05, 4.69) is 19.1 Å². The van der Waals surface area contributed by atoms with E-state index in [1.807, 2.05) is 11.8 Å². The monoisotopic (exact) mass is 208 g/mol. The summed E-state index contributed by atoms with van der Waals surface area (Å²) < 4.78 is 0. The van der Waals surface area contributed by atoms with Gasteiger partial charge in [-0.2, -0.15) is 11.8 Å². The largest absolute Gasteiger partial charge is 0.508 e. The highest BCUT2D eigenvalue weighted by Crippen LogP contribution is 2.50. The molecule has 2 rings (SSSR count). The molecule has 1 aromatic rings. The maximum Gasteiger partial charge on any atom is 0.115 e. The molecular weight excluding hydrogens is 192 g/mol. The molecule has 1 N–H and O–H groups in total. The van der Waals surface area contributed by atoms with Gasteiger partial charge < -0.3 is 5.11 Å². The SMILES string of the molecule is CCSCC1(c2ccc(O)cc2)CC1. The molecule has 0 aromatic heterocycles. The number of hydrogen-bond acceptors (Lipinski definition) is 2. The van der Waals surface area contributed by atoms with Gasteiger partial charge in [0.05, 0.1) is 0 Å². The Morgan fingerprint density at radius 3 is 2.43 bits per heavy atom. The Labute approximate surface area is 89.5 Å². The van der Waals surface area contributed by atoms with Crippen LogP contribution in [0.15, 0.2) is 24.3 Å². The van der Waals surface area contributed by atoms with Crippen LogP contribution in [0.25, 0.3) is 0 Å². The molecule has 2 heteroatoms. The average Bonchev–Trinajstić information content (AvgIpc) is 2.97. The van der Waals surface area contributed by atoms with Gasteiger partial charge in [-0.15, -0.1) is 0 Å². The molecule has 0 aliphatic heterocycles. The predicted octanol–water partition coefficient (Wildman–Crippen LogP) is 3.18. The third-order valence-electron chi connectivity index (χ3n) is 2.92. The first-order valence-electron chi connectivity index (χ1n) is 5.14. The first kappa shape index (κ1) is 9.91. The fraction of sp³-hybridized carbons (Fsp3) is 0.500. The fourth-order valence-electron chi connectivity index (χ4n) is 1.78. The molecular formula is C12H16OS. The minimum absolute atomic E-state index is 0.368. The van der Waals surface area contributed by atoms with Crippen molar-refractivity contribution in [1.82, 2.24) is 0 Å². The molecule has 14 heavy (non-hydrogen) atoms. The number of rotatable bonds is 4. The third kappa shape index (κ3) is 1.90. The first-order chi connectivity index (χ1) is 6.77. The Morgan fingerprint density at radius 1 is 1.29 bits per heavy atom. The molecule has 1 saturated carbocycles. The van der Waals surface area contributed by atoms with Crippen LogP contribution >= 0.6 is 11.8 Å². The quantitative estimate of drug-likeness (QED) is 0.820. The van der Waals surface area contributed by atoms with Crippen molar-refractivity contribution >= 4 is 11.8 Å². The number of hydrogen-bond donors (Lipinski definition) is 1. The van der Waals surface area contributed by atoms with Crippen molar-refractivity contribution in [3.05, 3.63) is 29.8 Å². The number of aromatic hydroxyl groups is 1. The highest BCUT2D eigenvalue weighted by atomic mass is 32.2. The van der Waals surface area contributed by atoms with Crippen molar-refractivity contribution in [3.8, 4) is 5.75 Å². The lowest BCUT2D eigenvalue weighted by molar-refractivity contribution is 0.475. The zero-order valence-electron chi connectivity index (χ0n) is 8.49. The van der Waals surface area contributed by atoms with Crippen LogP contribution in [-0.4, -0.2) is 16.6 Å². The van der Waals surface area contributed by atoms with Gasteiger partial charge in [-0.05, 0) is 36.3 Å². The Morgan fingerprint density at radius 2 is 1.93 bits per heavy atom. The van der Waals surface area contributed by atoms with E-state index in [0.29, 0.717) is 11.2 Å². The smallest absolute Gasteiger partial charge is 0.115 e. The van der Waals surface area contributed by atoms with Gasteiger partial charge in [0.2, 0.25) is 0 Å². The summed E-state index contributed by atoms with van der Waals surface area (Å²) in [5.41, 5.74) is 1.84. The van der Waals surface area contributed by atoms with E-state index in [0.717, 1.165) is 0 Å². The lowest BCUT2D eigenvalue weighted by atomic mass is 9.98. The molecule has 1 aromatic carbocycles. The topological polar surface area (TPSA) is 20.2 Å². The predicted molar refractivity (Wildman–Crippen MR) is 62.0 cm³/mol. The Bertz CT molecular complexity index is 301. The molecule has 1 fully saturated rings. The fourth-order valence-corrected chi connectivity index (χ4v) is 2.83. The van der Waals surface area contributed by atoms with Gasteiger partial charge in [-0.3, -0.25) is 0 Å². The lowest BCUT2D eigenvalue weighted by Crippen LogP contribution is -2.09. The van der Waals surface area contributed by atoms with Crippen LogP contribution in [0, 0.1) is 0 Å². The summed E-state index contributed by atoms with van der Waals surface area (Å²) in [5, 5.41) is 9.21. The van der Waals surface area contributed by atoms with Gasteiger partial charge in [0.1, 0.15) is 5.75 Å². The number of benzene rings is 1. The third-order valence-corrected chi connectivity index (χ3v) is 4.08. The van der Waals surface area contributed by atoms with Crippen molar-refractivity contribution in [3.63, 3.8) is 0 Å². The molecule has 1 aliphatic rings. The molecule has 1 nitrogen and oxygen atoms in total. The average molecular weight is 208 g/mol. The number of phenols is 1. The van der Waals surface area contributed by atoms with Crippen molar-refractivity contribution in [2.24, 2.45) is 0 Å². The summed E-state index contributed by atoms with van der Waals surface area (Å²) in [5.74, 6) is 2.79. The molecule has 0 spiro atoms. The van der Waals surface area contributed by atoms with Crippen LogP contribution in [0.3, 0.4) is 0 Å². The number of phenolic OH excluding ortho intramolecular Hbond substituents is 1. The molecule has 0 unspecified atom stereocenters. The van der Waals surface area contributed by atoms with E-state index in [9.17, 15) is 5.11 Å². The summed E-state index contributed by atoms with van der Waals surface area (Å²) in [6.45, 7) is 2.21. The second-order valence-corrected chi connectivity index (χ2v) is 5.24. The van der Waals surface area contributed by atoms with Crippen LogP contribution in [-0.2, 0) is 5.41 Å². The molecule has 1 aliphatic carbocycles. The summed E-state index contributed by atoms with van der Waals surface area (Å²) in [6.07, 6.45) is 2.62. The van der Waals surface area contributed by atoms with Gasteiger partial charge in [-0.25, -0.2) is 0 Å². The van der Waals surface area contributed by atoms with E-state index in [1.54, 1.807) is 12.1 Å². The summed E-state index contributed by atoms with van der Waals surface area (Å²) in [6, 6.07) is 7.73. The standard InChI is InChI=1S/C12H16OS/c1-2-14-9-12(7-8-12)10-3-5-11(13)6-4-10/h3-6,13H,2,7-9H2,1H3. The minimum Gasteiger partial charge on any atom is -0.508 e. The Balaban J connectivity index is 2.10. The van der Waals surface area contributed by atoms with Gasteiger partial charge in [0.15, 0.2) is 0 Å². The highest BCUT2D eigenvalue weighted by Gasteiger charge is 2.43. The second kappa shape index (κ2) is 3.85. The summed E-state index contributed by atoms with van der Waals surface area (Å²) in [7, 11) is 0. The molecule has 0 heterocycles. The first-order valence-corrected chi connectivity index (χ1v) is 6.29. The maximum absolute atomic E-state index is 9.21. The van der Waals surface area contributed by atoms with Gasteiger partial charge in [-0.1, -0.05) is 19.1 Å². The molecule has 0 radical (unpaired) electrons. The molecule has 76 valence electrons. The van der Waals surface area contributed by atoms with Crippen LogP contribution < -0.4 is 0 Å². The normalized spacial score (nSPS) is 18.1. The molecule has 0 atom stereocenters. The van der Waals surface area contributed by atoms with Gasteiger partial charge in [0.25, 0.3) is 0 Å². The van der Waals surface area contributed by atoms with Crippen molar-refractivity contribution in [2.75, 3.05) is 11.5 Å². The van der Waals surface area contributed by atoms with E-state index >= 15 is 0 Å². The van der Waals surface area contributed by atoms with E-state index in [-0.39, 0.29) is 0 Å². The zero-order chi connectivity index (χ0) is 10.0.